The van der Waals surface area contributed by atoms with Crippen LogP contribution in [0.2, 0.25) is 0 Å². The Morgan fingerprint density at radius 3 is 2.05 bits per heavy atom. The lowest BCUT2D eigenvalue weighted by molar-refractivity contribution is -0.684. The van der Waals surface area contributed by atoms with Crippen LogP contribution < -0.4 is 9.88 Å². The topological polar surface area (TPSA) is 33.0 Å². The molecule has 1 amide bonds. The number of nitrogens with one attached hydrogen (secondary N) is 1. The van der Waals surface area contributed by atoms with Gasteiger partial charge in [0.2, 0.25) is 6.54 Å². The van der Waals surface area contributed by atoms with Crippen LogP contribution in [0.25, 0.3) is 0 Å². The Morgan fingerprint density at radius 1 is 0.950 bits per heavy atom. The van der Waals surface area contributed by atoms with E-state index in [0.717, 1.165) is 18.5 Å². The van der Waals surface area contributed by atoms with Gasteiger partial charge in [-0.2, -0.15) is 4.57 Å². The Kier molecular flexibility index (Phi) is 4.88. The number of nitrogens with zero attached hydrogens (tertiary/aromatic N) is 1. The fourth-order valence-electron chi connectivity index (χ4n) is 2.02. The Balaban J connectivity index is 1.93. The predicted octanol–water partition coefficient (Wildman–Crippen LogP) is 2.74. The van der Waals surface area contributed by atoms with Gasteiger partial charge >= 0.3 is 0 Å². The van der Waals surface area contributed by atoms with Crippen LogP contribution in [-0.2, 0) is 24.2 Å². The first-order chi connectivity index (χ1) is 9.71. The van der Waals surface area contributed by atoms with Gasteiger partial charge in [0.05, 0.1) is 0 Å². The molecule has 1 aromatic heterocycles. The van der Waals surface area contributed by atoms with Crippen molar-refractivity contribution in [3.8, 4) is 0 Å². The van der Waals surface area contributed by atoms with E-state index in [1.165, 1.54) is 11.1 Å². The highest BCUT2D eigenvalue weighted by molar-refractivity contribution is 5.89. The number of hydrogen-bond acceptors (Lipinski definition) is 1. The van der Waals surface area contributed by atoms with E-state index < -0.39 is 0 Å². The molecule has 1 N–H and O–H groups in total. The minimum atomic E-state index is -0.0107. The molecule has 2 aromatic rings. The molecule has 3 nitrogen and oxygen atoms in total. The van der Waals surface area contributed by atoms with Crippen molar-refractivity contribution in [3.05, 3.63) is 59.9 Å². The van der Waals surface area contributed by atoms with Gasteiger partial charge in [0.25, 0.3) is 5.91 Å². The van der Waals surface area contributed by atoms with Gasteiger partial charge in [-0.05, 0) is 36.1 Å². The monoisotopic (exact) mass is 269 g/mol. The zero-order chi connectivity index (χ0) is 14.4. The third kappa shape index (κ3) is 3.92. The molecule has 0 saturated heterocycles. The van der Waals surface area contributed by atoms with E-state index >= 15 is 0 Å². The minimum Gasteiger partial charge on any atom is -0.321 e. The van der Waals surface area contributed by atoms with Crippen LogP contribution in [0.1, 0.15) is 25.0 Å². The molecule has 0 saturated carbocycles. The molecule has 0 unspecified atom stereocenters. The van der Waals surface area contributed by atoms with Gasteiger partial charge in [-0.1, -0.05) is 26.0 Å². The Labute approximate surface area is 120 Å². The molecule has 1 heterocycles. The molecular formula is C17H21N2O+. The van der Waals surface area contributed by atoms with E-state index in [1.54, 1.807) is 0 Å². The summed E-state index contributed by atoms with van der Waals surface area (Å²) in [7, 11) is 0. The summed E-state index contributed by atoms with van der Waals surface area (Å²) < 4.78 is 1.88. The van der Waals surface area contributed by atoms with Crippen molar-refractivity contribution in [1.29, 1.82) is 0 Å². The zero-order valence-electron chi connectivity index (χ0n) is 12.1. The lowest BCUT2D eigenvalue weighted by atomic mass is 10.1. The quantitative estimate of drug-likeness (QED) is 0.832. The van der Waals surface area contributed by atoms with Gasteiger partial charge in [-0.15, -0.1) is 0 Å². The van der Waals surface area contributed by atoms with Crippen molar-refractivity contribution >= 4 is 11.6 Å². The maximum absolute atomic E-state index is 12.0. The van der Waals surface area contributed by atoms with E-state index in [1.807, 2.05) is 53.4 Å². The number of benzene rings is 1. The fraction of sp³-hybridized carbons (Fsp3) is 0.294. The molecule has 20 heavy (non-hydrogen) atoms. The van der Waals surface area contributed by atoms with Crippen LogP contribution in [-0.4, -0.2) is 5.91 Å². The van der Waals surface area contributed by atoms with E-state index in [9.17, 15) is 4.79 Å². The molecule has 0 radical (unpaired) electrons. The van der Waals surface area contributed by atoms with Crippen LogP contribution in [0.15, 0.2) is 48.8 Å². The van der Waals surface area contributed by atoms with Crippen LogP contribution in [0.3, 0.4) is 0 Å². The third-order valence-electron chi connectivity index (χ3n) is 3.34. The van der Waals surface area contributed by atoms with Crippen LogP contribution in [0.5, 0.6) is 0 Å². The maximum Gasteiger partial charge on any atom is 0.290 e. The summed E-state index contributed by atoms with van der Waals surface area (Å²) in [6, 6.07) is 12.1. The van der Waals surface area contributed by atoms with Gasteiger partial charge in [-0.3, -0.25) is 4.79 Å². The summed E-state index contributed by atoms with van der Waals surface area (Å²) in [4.78, 5) is 12.0. The Morgan fingerprint density at radius 2 is 1.50 bits per heavy atom. The third-order valence-corrected chi connectivity index (χ3v) is 3.34. The van der Waals surface area contributed by atoms with Crippen LogP contribution in [0.4, 0.5) is 5.69 Å². The first kappa shape index (κ1) is 14.3. The first-order valence-corrected chi connectivity index (χ1v) is 7.08. The smallest absolute Gasteiger partial charge is 0.290 e. The number of hydrogen-bond donors (Lipinski definition) is 1. The van der Waals surface area contributed by atoms with Gasteiger partial charge in [0.1, 0.15) is 0 Å². The summed E-state index contributed by atoms with van der Waals surface area (Å²) in [5.74, 6) is -0.0107. The van der Waals surface area contributed by atoms with Crippen molar-refractivity contribution in [2.75, 3.05) is 5.32 Å². The molecule has 2 rings (SSSR count). The largest absolute Gasteiger partial charge is 0.321 e. The van der Waals surface area contributed by atoms with Crippen LogP contribution >= 0.6 is 0 Å². The summed E-state index contributed by atoms with van der Waals surface area (Å²) in [5, 5.41) is 2.91. The Bertz CT molecular complexity index is 507. The number of pyridine rings is 1. The van der Waals surface area contributed by atoms with E-state index in [-0.39, 0.29) is 5.91 Å². The number of aryl methyl sites for hydroxylation is 2. The molecule has 0 aliphatic rings. The molecule has 0 aliphatic heterocycles. The molecule has 104 valence electrons. The van der Waals surface area contributed by atoms with Crippen LogP contribution in [0, 0.1) is 0 Å². The number of carbonyl (C=O) groups is 1. The van der Waals surface area contributed by atoms with Gasteiger partial charge in [-0.25, -0.2) is 0 Å². The molecule has 1 aromatic carbocycles. The summed E-state index contributed by atoms with van der Waals surface area (Å²) in [6.07, 6.45) is 5.90. The van der Waals surface area contributed by atoms with Gasteiger partial charge in [0, 0.05) is 17.8 Å². The highest BCUT2D eigenvalue weighted by Gasteiger charge is 2.09. The van der Waals surface area contributed by atoms with Gasteiger partial charge < -0.3 is 5.32 Å². The Hall–Kier alpha value is -2.16. The fourth-order valence-corrected chi connectivity index (χ4v) is 2.02. The highest BCUT2D eigenvalue weighted by Crippen LogP contribution is 2.09. The van der Waals surface area contributed by atoms with Crippen molar-refractivity contribution in [2.24, 2.45) is 0 Å². The van der Waals surface area contributed by atoms with Gasteiger partial charge in [0.15, 0.2) is 12.4 Å². The molecule has 0 atom stereocenters. The molecule has 0 fully saturated rings. The molecule has 0 bridgehead atoms. The standard InChI is InChI=1S/C17H20N2O/c1-3-14-5-7-16(8-6-14)18-17(20)13-19-11-9-15(4-2)10-12-19/h5-12H,3-4,13H2,1-2H3/p+1. The number of rotatable bonds is 5. The summed E-state index contributed by atoms with van der Waals surface area (Å²) >= 11 is 0. The number of amides is 1. The van der Waals surface area contributed by atoms with Crippen molar-refractivity contribution < 1.29 is 9.36 Å². The van der Waals surface area contributed by atoms with Crippen molar-refractivity contribution in [3.63, 3.8) is 0 Å². The average Bonchev–Trinajstić information content (AvgIpc) is 2.49. The molecule has 0 aliphatic carbocycles. The second-order valence-corrected chi connectivity index (χ2v) is 4.83. The lowest BCUT2D eigenvalue weighted by Crippen LogP contribution is -2.39. The van der Waals surface area contributed by atoms with Crippen molar-refractivity contribution in [2.45, 2.75) is 33.2 Å². The van der Waals surface area contributed by atoms with E-state index in [0.29, 0.717) is 6.54 Å². The highest BCUT2D eigenvalue weighted by atomic mass is 16.1. The first-order valence-electron chi connectivity index (χ1n) is 7.08. The van der Waals surface area contributed by atoms with E-state index in [2.05, 4.69) is 19.2 Å². The second kappa shape index (κ2) is 6.85. The average molecular weight is 269 g/mol. The number of anilines is 1. The molecular weight excluding hydrogens is 248 g/mol. The summed E-state index contributed by atoms with van der Waals surface area (Å²) in [6.45, 7) is 4.57. The zero-order valence-corrected chi connectivity index (χ0v) is 12.1. The summed E-state index contributed by atoms with van der Waals surface area (Å²) in [5.41, 5.74) is 3.39. The van der Waals surface area contributed by atoms with E-state index in [4.69, 9.17) is 0 Å². The minimum absolute atomic E-state index is 0.0107. The SMILES string of the molecule is CCc1ccc(NC(=O)C[n+]2ccc(CC)cc2)cc1. The normalized spacial score (nSPS) is 10.3. The molecule has 0 spiro atoms. The van der Waals surface area contributed by atoms with Crippen molar-refractivity contribution in [1.82, 2.24) is 0 Å². The number of carbonyl (C=O) groups excluding carboxylic acids is 1. The second-order valence-electron chi connectivity index (χ2n) is 4.83. The molecule has 3 heteroatoms. The predicted molar refractivity (Wildman–Crippen MR) is 80.5 cm³/mol. The lowest BCUT2D eigenvalue weighted by Gasteiger charge is -2.04. The maximum atomic E-state index is 12.0. The number of aromatic nitrogens is 1.